The second-order valence-corrected chi connectivity index (χ2v) is 11.0. The Kier molecular flexibility index (Phi) is 9.68. The Balaban J connectivity index is 1.46. The van der Waals surface area contributed by atoms with E-state index in [1.165, 1.54) is 0 Å². The van der Waals surface area contributed by atoms with Crippen molar-refractivity contribution in [3.8, 4) is 11.5 Å². The second-order valence-electron chi connectivity index (χ2n) is 7.56. The molecule has 0 fully saturated rings. The lowest BCUT2D eigenvalue weighted by Gasteiger charge is -2.22. The van der Waals surface area contributed by atoms with Crippen molar-refractivity contribution in [3.63, 3.8) is 0 Å². The number of benzene rings is 3. The first-order valence-electron chi connectivity index (χ1n) is 10.7. The smallest absolute Gasteiger partial charge is 0.240 e. The monoisotopic (exact) mass is 518 g/mol. The first-order valence-corrected chi connectivity index (χ1v) is 14.1. The van der Waals surface area contributed by atoms with E-state index < -0.39 is 10.0 Å². The van der Waals surface area contributed by atoms with E-state index in [-0.39, 0.29) is 12.5 Å². The number of hydrogen-bond acceptors (Lipinski definition) is 5. The van der Waals surface area contributed by atoms with Crippen LogP contribution in [0.4, 0.5) is 5.69 Å². The van der Waals surface area contributed by atoms with Gasteiger partial charge in [0.15, 0.2) is 0 Å². The molecule has 1 N–H and O–H groups in total. The van der Waals surface area contributed by atoms with Gasteiger partial charge >= 0.3 is 0 Å². The summed E-state index contributed by atoms with van der Waals surface area (Å²) in [6.45, 7) is 0.191. The zero-order chi connectivity index (χ0) is 24.4. The van der Waals surface area contributed by atoms with Crippen molar-refractivity contribution in [2.75, 3.05) is 29.4 Å². The van der Waals surface area contributed by atoms with Gasteiger partial charge in [-0.15, -0.1) is 0 Å². The van der Waals surface area contributed by atoms with Gasteiger partial charge in [-0.2, -0.15) is 11.8 Å². The van der Waals surface area contributed by atoms with Gasteiger partial charge in [-0.25, -0.2) is 8.42 Å². The minimum atomic E-state index is -3.64. The normalized spacial score (nSPS) is 11.1. The van der Waals surface area contributed by atoms with E-state index in [0.29, 0.717) is 23.7 Å². The molecule has 0 aliphatic carbocycles. The van der Waals surface area contributed by atoms with Gasteiger partial charge < -0.3 is 10.1 Å². The third kappa shape index (κ3) is 8.59. The van der Waals surface area contributed by atoms with Crippen molar-refractivity contribution in [2.45, 2.75) is 12.2 Å². The molecule has 3 aromatic rings. The molecule has 0 bridgehead atoms. The van der Waals surface area contributed by atoms with Crippen molar-refractivity contribution in [3.05, 3.63) is 89.4 Å². The van der Waals surface area contributed by atoms with E-state index in [2.05, 4.69) is 5.32 Å². The third-order valence-electron chi connectivity index (χ3n) is 4.74. The minimum Gasteiger partial charge on any atom is -0.457 e. The summed E-state index contributed by atoms with van der Waals surface area (Å²) in [5.74, 6) is 2.62. The average Bonchev–Trinajstić information content (AvgIpc) is 2.80. The van der Waals surface area contributed by atoms with Gasteiger partial charge in [0.05, 0.1) is 11.9 Å². The molecule has 9 heteroatoms. The van der Waals surface area contributed by atoms with Crippen LogP contribution in [0.5, 0.6) is 11.5 Å². The minimum absolute atomic E-state index is 0.284. The first-order chi connectivity index (χ1) is 16.3. The molecule has 0 aromatic heterocycles. The van der Waals surface area contributed by atoms with Crippen LogP contribution in [0.2, 0.25) is 5.02 Å². The Hall–Kier alpha value is -2.68. The Morgan fingerprint density at radius 3 is 2.38 bits per heavy atom. The fourth-order valence-electron chi connectivity index (χ4n) is 3.11. The Bertz CT molecular complexity index is 1170. The van der Waals surface area contributed by atoms with Crippen molar-refractivity contribution >= 4 is 45.0 Å². The summed E-state index contributed by atoms with van der Waals surface area (Å²) >= 11 is 7.75. The molecule has 0 spiro atoms. The number of nitrogens with zero attached hydrogens (tertiary/aromatic N) is 1. The molecule has 3 rings (SSSR count). The molecule has 0 saturated carbocycles. The van der Waals surface area contributed by atoms with Crippen LogP contribution in [0.3, 0.4) is 0 Å². The molecular formula is C25H27ClN2O4S2. The van der Waals surface area contributed by atoms with Gasteiger partial charge in [-0.1, -0.05) is 41.9 Å². The molecule has 0 atom stereocenters. The van der Waals surface area contributed by atoms with Crippen LogP contribution in [-0.2, 0) is 20.6 Å². The number of thioether (sulfide) groups is 1. The summed E-state index contributed by atoms with van der Waals surface area (Å²) in [6, 6.07) is 23.6. The summed E-state index contributed by atoms with van der Waals surface area (Å²) in [7, 11) is -3.64. The first kappa shape index (κ1) is 25.9. The molecule has 0 unspecified atom stereocenters. The number of ether oxygens (including phenoxy) is 1. The molecule has 180 valence electrons. The molecular weight excluding hydrogens is 492 g/mol. The van der Waals surface area contributed by atoms with E-state index in [1.54, 1.807) is 36.0 Å². The maximum Gasteiger partial charge on any atom is 0.240 e. The van der Waals surface area contributed by atoms with Crippen LogP contribution >= 0.6 is 23.4 Å². The summed E-state index contributed by atoms with van der Waals surface area (Å²) in [6.07, 6.45) is 1.86. The number of para-hydroxylation sites is 1. The molecule has 6 nitrogen and oxygen atoms in total. The third-order valence-corrected chi connectivity index (χ3v) is 7.23. The zero-order valence-corrected chi connectivity index (χ0v) is 21.2. The maximum absolute atomic E-state index is 12.4. The summed E-state index contributed by atoms with van der Waals surface area (Å²) in [5.41, 5.74) is 1.56. The molecule has 0 saturated heterocycles. The number of rotatable bonds is 12. The highest BCUT2D eigenvalue weighted by molar-refractivity contribution is 7.98. The van der Waals surface area contributed by atoms with Gasteiger partial charge in [0.1, 0.15) is 18.0 Å². The lowest BCUT2D eigenvalue weighted by molar-refractivity contribution is -0.119. The molecule has 1 amide bonds. The zero-order valence-electron chi connectivity index (χ0n) is 18.8. The summed E-state index contributed by atoms with van der Waals surface area (Å²) < 4.78 is 31.5. The van der Waals surface area contributed by atoms with Crippen LogP contribution in [0.15, 0.2) is 78.9 Å². The number of nitrogens with one attached hydrogen (secondary N) is 1. The standard InChI is InChI=1S/C25H27ClN2O4S2/c1-34(30,31)28(22-11-13-24(14-12-22)32-23-9-3-2-4-10-23)18-25(29)27-15-6-16-33-19-20-7-5-8-21(26)17-20/h2-5,7-14,17H,6,15-16,18-19H2,1H3,(H,27,29). The number of amides is 1. The average molecular weight is 519 g/mol. The molecule has 34 heavy (non-hydrogen) atoms. The van der Waals surface area contributed by atoms with Crippen LogP contribution in [-0.4, -0.2) is 39.4 Å². The van der Waals surface area contributed by atoms with Gasteiger partial charge in [0.2, 0.25) is 15.9 Å². The molecule has 0 radical (unpaired) electrons. The topological polar surface area (TPSA) is 75.7 Å². The van der Waals surface area contributed by atoms with Crippen LogP contribution in [0.1, 0.15) is 12.0 Å². The Morgan fingerprint density at radius 1 is 1.00 bits per heavy atom. The van der Waals surface area contributed by atoms with Crippen molar-refractivity contribution in [1.82, 2.24) is 5.32 Å². The van der Waals surface area contributed by atoms with E-state index in [4.69, 9.17) is 16.3 Å². The van der Waals surface area contributed by atoms with Crippen molar-refractivity contribution in [1.29, 1.82) is 0 Å². The molecule has 0 aliphatic rings. The number of halogens is 1. The Labute approximate surface area is 210 Å². The van der Waals surface area contributed by atoms with E-state index >= 15 is 0 Å². The molecule has 0 aliphatic heterocycles. The highest BCUT2D eigenvalue weighted by Gasteiger charge is 2.20. The van der Waals surface area contributed by atoms with Crippen LogP contribution in [0.25, 0.3) is 0 Å². The van der Waals surface area contributed by atoms with Gasteiger partial charge in [-0.05, 0) is 66.3 Å². The predicted molar refractivity (Wildman–Crippen MR) is 140 cm³/mol. The SMILES string of the molecule is CS(=O)(=O)N(CC(=O)NCCCSCc1cccc(Cl)c1)c1ccc(Oc2ccccc2)cc1. The predicted octanol–water partition coefficient (Wildman–Crippen LogP) is 5.34. The fraction of sp³-hybridized carbons (Fsp3) is 0.240. The lowest BCUT2D eigenvalue weighted by Crippen LogP contribution is -2.40. The summed E-state index contributed by atoms with van der Waals surface area (Å²) in [4.78, 5) is 12.4. The number of anilines is 1. The molecule has 0 heterocycles. The number of carbonyl (C=O) groups excluding carboxylic acids is 1. The summed E-state index contributed by atoms with van der Waals surface area (Å²) in [5, 5.41) is 3.52. The maximum atomic E-state index is 12.4. The number of carbonyl (C=O) groups is 1. The molecule has 3 aromatic carbocycles. The second kappa shape index (κ2) is 12.7. The van der Waals surface area contributed by atoms with Gasteiger partial charge in [0.25, 0.3) is 0 Å². The van der Waals surface area contributed by atoms with Gasteiger partial charge in [0, 0.05) is 17.3 Å². The van der Waals surface area contributed by atoms with Crippen molar-refractivity contribution in [2.24, 2.45) is 0 Å². The van der Waals surface area contributed by atoms with E-state index in [1.807, 2.05) is 54.6 Å². The largest absolute Gasteiger partial charge is 0.457 e. The Morgan fingerprint density at radius 2 is 1.71 bits per heavy atom. The number of hydrogen-bond donors (Lipinski definition) is 1. The fourth-order valence-corrected chi connectivity index (χ4v) is 5.09. The van der Waals surface area contributed by atoms with Crippen LogP contribution in [0, 0.1) is 0 Å². The van der Waals surface area contributed by atoms with Crippen LogP contribution < -0.4 is 14.4 Å². The van der Waals surface area contributed by atoms with E-state index in [0.717, 1.165) is 39.1 Å². The van der Waals surface area contributed by atoms with Crippen molar-refractivity contribution < 1.29 is 17.9 Å². The highest BCUT2D eigenvalue weighted by Crippen LogP contribution is 2.25. The quantitative estimate of drug-likeness (QED) is 0.328. The van der Waals surface area contributed by atoms with Gasteiger partial charge in [-0.3, -0.25) is 9.10 Å². The van der Waals surface area contributed by atoms with E-state index in [9.17, 15) is 13.2 Å². The lowest BCUT2D eigenvalue weighted by atomic mass is 10.2. The highest BCUT2D eigenvalue weighted by atomic mass is 35.5. The number of sulfonamides is 1.